The number of nitrogens with one attached hydrogen (secondary N) is 1. The highest BCUT2D eigenvalue weighted by molar-refractivity contribution is 9.10. The molecule has 0 atom stereocenters. The van der Waals surface area contributed by atoms with E-state index in [1.807, 2.05) is 45.0 Å². The SMILES string of the molecule is Cc1ccc(S(=O)(=O)N(CC(=O)NCCCc2cccc(OC(C)C)c2)c2cccc(Br)c2)cc1. The average Bonchev–Trinajstić information content (AvgIpc) is 2.80. The van der Waals surface area contributed by atoms with Crippen molar-refractivity contribution in [2.75, 3.05) is 17.4 Å². The number of anilines is 1. The summed E-state index contributed by atoms with van der Waals surface area (Å²) >= 11 is 3.39. The Bertz CT molecular complexity index is 1240. The first kappa shape index (κ1) is 26.8. The molecule has 35 heavy (non-hydrogen) atoms. The van der Waals surface area contributed by atoms with Crippen molar-refractivity contribution in [2.24, 2.45) is 0 Å². The van der Waals surface area contributed by atoms with Crippen LogP contribution in [0.15, 0.2) is 82.2 Å². The maximum atomic E-state index is 13.4. The van der Waals surface area contributed by atoms with Crippen LogP contribution in [0.2, 0.25) is 0 Å². The number of aryl methyl sites for hydroxylation is 2. The van der Waals surface area contributed by atoms with Crippen molar-refractivity contribution in [3.8, 4) is 5.75 Å². The monoisotopic (exact) mass is 558 g/mol. The zero-order valence-electron chi connectivity index (χ0n) is 20.2. The van der Waals surface area contributed by atoms with Crippen LogP contribution in [0.4, 0.5) is 5.69 Å². The van der Waals surface area contributed by atoms with Gasteiger partial charge in [-0.2, -0.15) is 0 Å². The number of sulfonamides is 1. The Kier molecular flexibility index (Phi) is 9.34. The van der Waals surface area contributed by atoms with Gasteiger partial charge in [-0.05, 0) is 81.6 Å². The second-order valence-electron chi connectivity index (χ2n) is 8.57. The van der Waals surface area contributed by atoms with E-state index >= 15 is 0 Å². The average molecular weight is 560 g/mol. The van der Waals surface area contributed by atoms with Crippen molar-refractivity contribution in [1.82, 2.24) is 5.32 Å². The molecule has 3 aromatic rings. The summed E-state index contributed by atoms with van der Waals surface area (Å²) in [5.74, 6) is 0.463. The summed E-state index contributed by atoms with van der Waals surface area (Å²) in [5.41, 5.74) is 2.49. The number of hydrogen-bond acceptors (Lipinski definition) is 4. The summed E-state index contributed by atoms with van der Waals surface area (Å²) in [6.07, 6.45) is 1.60. The third-order valence-electron chi connectivity index (χ3n) is 5.23. The van der Waals surface area contributed by atoms with E-state index in [0.717, 1.165) is 38.5 Å². The van der Waals surface area contributed by atoms with Gasteiger partial charge in [0.25, 0.3) is 10.0 Å². The molecule has 1 N–H and O–H groups in total. The van der Waals surface area contributed by atoms with Gasteiger partial charge in [-0.15, -0.1) is 0 Å². The van der Waals surface area contributed by atoms with Crippen molar-refractivity contribution in [3.63, 3.8) is 0 Å². The minimum Gasteiger partial charge on any atom is -0.491 e. The number of amides is 1. The predicted octanol–water partition coefficient (Wildman–Crippen LogP) is 5.49. The Hall–Kier alpha value is -2.84. The first-order valence-corrected chi connectivity index (χ1v) is 13.8. The molecule has 0 aliphatic heterocycles. The van der Waals surface area contributed by atoms with E-state index in [9.17, 15) is 13.2 Å². The Labute approximate surface area is 216 Å². The molecule has 3 rings (SSSR count). The van der Waals surface area contributed by atoms with Gasteiger partial charge >= 0.3 is 0 Å². The fourth-order valence-corrected chi connectivity index (χ4v) is 5.34. The Morgan fingerprint density at radius 1 is 1.03 bits per heavy atom. The maximum Gasteiger partial charge on any atom is 0.264 e. The first-order valence-electron chi connectivity index (χ1n) is 11.5. The standard InChI is InChI=1S/C27H31BrN2O4S/c1-20(2)34-25-11-4-7-22(17-25)8-6-16-29-27(31)19-30(24-10-5-9-23(28)18-24)35(32,33)26-14-12-21(3)13-15-26/h4-5,7,9-15,17-18,20H,6,8,16,19H2,1-3H3,(H,29,31). The molecule has 8 heteroatoms. The van der Waals surface area contributed by atoms with E-state index in [0.29, 0.717) is 12.2 Å². The van der Waals surface area contributed by atoms with Crippen LogP contribution in [-0.4, -0.2) is 33.5 Å². The summed E-state index contributed by atoms with van der Waals surface area (Å²) in [6, 6.07) is 21.4. The molecule has 3 aromatic carbocycles. The first-order chi connectivity index (χ1) is 16.6. The molecule has 1 amide bonds. The molecule has 0 saturated carbocycles. The topological polar surface area (TPSA) is 75.7 Å². The van der Waals surface area contributed by atoms with Crippen molar-refractivity contribution >= 4 is 37.5 Å². The summed E-state index contributed by atoms with van der Waals surface area (Å²) in [4.78, 5) is 12.9. The minimum absolute atomic E-state index is 0.105. The fraction of sp³-hybridized carbons (Fsp3) is 0.296. The third kappa shape index (κ3) is 7.83. The van der Waals surface area contributed by atoms with E-state index in [4.69, 9.17) is 4.74 Å². The number of hydrogen-bond donors (Lipinski definition) is 1. The summed E-state index contributed by atoms with van der Waals surface area (Å²) in [7, 11) is -3.93. The minimum atomic E-state index is -3.93. The van der Waals surface area contributed by atoms with Crippen LogP contribution in [0.1, 0.15) is 31.4 Å². The molecular formula is C27H31BrN2O4S. The number of benzene rings is 3. The number of ether oxygens (including phenoxy) is 1. The van der Waals surface area contributed by atoms with Crippen LogP contribution in [0.3, 0.4) is 0 Å². The predicted molar refractivity (Wildman–Crippen MR) is 143 cm³/mol. The van der Waals surface area contributed by atoms with Crippen LogP contribution < -0.4 is 14.4 Å². The lowest BCUT2D eigenvalue weighted by molar-refractivity contribution is -0.119. The van der Waals surface area contributed by atoms with Crippen LogP contribution in [-0.2, 0) is 21.2 Å². The van der Waals surface area contributed by atoms with Crippen LogP contribution in [0, 0.1) is 6.92 Å². The molecule has 0 bridgehead atoms. The number of halogens is 1. The lowest BCUT2D eigenvalue weighted by atomic mass is 10.1. The van der Waals surface area contributed by atoms with Gasteiger partial charge in [0.1, 0.15) is 12.3 Å². The molecule has 186 valence electrons. The van der Waals surface area contributed by atoms with E-state index < -0.39 is 10.0 Å². The molecule has 6 nitrogen and oxygen atoms in total. The van der Waals surface area contributed by atoms with Gasteiger partial charge in [-0.1, -0.05) is 51.8 Å². The maximum absolute atomic E-state index is 13.4. The lowest BCUT2D eigenvalue weighted by Gasteiger charge is -2.24. The molecule has 0 aliphatic carbocycles. The molecule has 0 aromatic heterocycles. The van der Waals surface area contributed by atoms with Crippen molar-refractivity contribution in [3.05, 3.63) is 88.4 Å². The molecule has 0 saturated heterocycles. The normalized spacial score (nSPS) is 11.3. The highest BCUT2D eigenvalue weighted by atomic mass is 79.9. The smallest absolute Gasteiger partial charge is 0.264 e. The zero-order chi connectivity index (χ0) is 25.4. The molecule has 0 spiro atoms. The van der Waals surface area contributed by atoms with Gasteiger partial charge in [0.05, 0.1) is 16.7 Å². The van der Waals surface area contributed by atoms with Crippen LogP contribution in [0.5, 0.6) is 5.75 Å². The highest BCUT2D eigenvalue weighted by Gasteiger charge is 2.27. The fourth-order valence-electron chi connectivity index (χ4n) is 3.54. The number of rotatable bonds is 11. The van der Waals surface area contributed by atoms with Gasteiger partial charge in [0, 0.05) is 11.0 Å². The van der Waals surface area contributed by atoms with Crippen molar-refractivity contribution in [2.45, 2.75) is 44.6 Å². The number of nitrogens with zero attached hydrogens (tertiary/aromatic N) is 1. The number of carbonyl (C=O) groups excluding carboxylic acids is 1. The van der Waals surface area contributed by atoms with Gasteiger partial charge in [-0.3, -0.25) is 9.10 Å². The lowest BCUT2D eigenvalue weighted by Crippen LogP contribution is -2.41. The largest absolute Gasteiger partial charge is 0.491 e. The third-order valence-corrected chi connectivity index (χ3v) is 7.51. The van der Waals surface area contributed by atoms with E-state index in [2.05, 4.69) is 21.2 Å². The number of carbonyl (C=O) groups is 1. The second kappa shape index (κ2) is 12.2. The Balaban J connectivity index is 1.66. The molecule has 0 radical (unpaired) electrons. The highest BCUT2D eigenvalue weighted by Crippen LogP contribution is 2.26. The van der Waals surface area contributed by atoms with E-state index in [1.54, 1.807) is 48.5 Å². The van der Waals surface area contributed by atoms with Crippen molar-refractivity contribution < 1.29 is 17.9 Å². The molecular weight excluding hydrogens is 528 g/mol. The van der Waals surface area contributed by atoms with Gasteiger partial charge in [0.15, 0.2) is 0 Å². The molecule has 0 fully saturated rings. The van der Waals surface area contributed by atoms with Gasteiger partial charge < -0.3 is 10.1 Å². The Morgan fingerprint density at radius 2 is 1.74 bits per heavy atom. The molecule has 0 aliphatic rings. The van der Waals surface area contributed by atoms with E-state index in [1.165, 1.54) is 0 Å². The zero-order valence-corrected chi connectivity index (χ0v) is 22.6. The van der Waals surface area contributed by atoms with Gasteiger partial charge in [0.2, 0.25) is 5.91 Å². The van der Waals surface area contributed by atoms with Crippen LogP contribution in [0.25, 0.3) is 0 Å². The quantitative estimate of drug-likeness (QED) is 0.316. The van der Waals surface area contributed by atoms with Crippen molar-refractivity contribution in [1.29, 1.82) is 0 Å². The summed E-state index contributed by atoms with van der Waals surface area (Å²) in [6.45, 7) is 5.98. The Morgan fingerprint density at radius 3 is 2.43 bits per heavy atom. The van der Waals surface area contributed by atoms with Crippen LogP contribution >= 0.6 is 15.9 Å². The molecule has 0 heterocycles. The second-order valence-corrected chi connectivity index (χ2v) is 11.4. The molecule has 0 unspecified atom stereocenters. The summed E-state index contributed by atoms with van der Waals surface area (Å²) in [5, 5.41) is 2.86. The summed E-state index contributed by atoms with van der Waals surface area (Å²) < 4.78 is 34.5. The van der Waals surface area contributed by atoms with Gasteiger partial charge in [-0.25, -0.2) is 8.42 Å². The van der Waals surface area contributed by atoms with E-state index in [-0.39, 0.29) is 23.5 Å².